The number of aromatic carboxylic acids is 1. The van der Waals surface area contributed by atoms with Crippen LogP contribution in [-0.4, -0.2) is 35.1 Å². The molecule has 7 heteroatoms. The van der Waals surface area contributed by atoms with Crippen molar-refractivity contribution in [3.05, 3.63) is 34.9 Å². The van der Waals surface area contributed by atoms with E-state index in [2.05, 4.69) is 4.98 Å². The minimum absolute atomic E-state index is 0.00461. The van der Waals surface area contributed by atoms with Crippen LogP contribution in [0.25, 0.3) is 10.9 Å². The highest BCUT2D eigenvalue weighted by Crippen LogP contribution is 2.32. The van der Waals surface area contributed by atoms with Gasteiger partial charge in [-0.05, 0) is 18.6 Å². The molecule has 2 heterocycles. The van der Waals surface area contributed by atoms with Crippen LogP contribution < -0.4 is 4.90 Å². The molecule has 0 unspecified atom stereocenters. The lowest BCUT2D eigenvalue weighted by Crippen LogP contribution is -2.28. The molecule has 0 atom stereocenters. The summed E-state index contributed by atoms with van der Waals surface area (Å²) in [4.78, 5) is 17.6. The van der Waals surface area contributed by atoms with E-state index < -0.39 is 11.9 Å². The van der Waals surface area contributed by atoms with Crippen LogP contribution in [0.15, 0.2) is 24.3 Å². The molecule has 1 N–H and O–H groups in total. The number of halogens is 3. The lowest BCUT2D eigenvalue weighted by Gasteiger charge is -2.23. The highest BCUT2D eigenvalue weighted by Gasteiger charge is 2.33. The third-order valence-corrected chi connectivity index (χ3v) is 4.33. The number of aromatic nitrogens is 1. The molecule has 1 aromatic carbocycles. The van der Waals surface area contributed by atoms with Gasteiger partial charge in [0, 0.05) is 31.3 Å². The molecule has 0 saturated carbocycles. The van der Waals surface area contributed by atoms with Gasteiger partial charge in [0.15, 0.2) is 0 Å². The molecule has 1 aliphatic heterocycles. The molecule has 0 spiro atoms. The molecular weight excluding hydrogens is 326 g/mol. The Morgan fingerprint density at radius 1 is 1.30 bits per heavy atom. The zero-order chi connectivity index (χ0) is 16.6. The maximum Gasteiger partial charge on any atom is 0.339 e. The predicted octanol–water partition coefficient (Wildman–Crippen LogP) is 4.21. The second kappa shape index (κ2) is 5.92. The van der Waals surface area contributed by atoms with Crippen LogP contribution in [0.2, 0.25) is 5.02 Å². The van der Waals surface area contributed by atoms with Gasteiger partial charge in [0.25, 0.3) is 0 Å². The van der Waals surface area contributed by atoms with Crippen molar-refractivity contribution in [1.29, 1.82) is 0 Å². The number of rotatable bonds is 2. The fourth-order valence-electron chi connectivity index (χ4n) is 2.83. The van der Waals surface area contributed by atoms with Crippen molar-refractivity contribution in [3.8, 4) is 0 Å². The van der Waals surface area contributed by atoms with E-state index in [4.69, 9.17) is 11.6 Å². The van der Waals surface area contributed by atoms with Gasteiger partial charge >= 0.3 is 5.97 Å². The first kappa shape index (κ1) is 15.9. The lowest BCUT2D eigenvalue weighted by atomic mass is 10.1. The average molecular weight is 341 g/mol. The third kappa shape index (κ3) is 3.22. The fourth-order valence-corrected chi connectivity index (χ4v) is 3.05. The van der Waals surface area contributed by atoms with E-state index in [0.717, 1.165) is 0 Å². The van der Waals surface area contributed by atoms with Crippen LogP contribution in [0, 0.1) is 0 Å². The number of pyridine rings is 1. The van der Waals surface area contributed by atoms with E-state index >= 15 is 0 Å². The van der Waals surface area contributed by atoms with E-state index in [1.54, 1.807) is 23.1 Å². The zero-order valence-electron chi connectivity index (χ0n) is 12.2. The maximum atomic E-state index is 13.5. The number of anilines is 1. The minimum Gasteiger partial charge on any atom is -0.478 e. The van der Waals surface area contributed by atoms with Crippen LogP contribution >= 0.6 is 11.6 Å². The summed E-state index contributed by atoms with van der Waals surface area (Å²) in [5.41, 5.74) is 0.482. The molecule has 2 aromatic rings. The van der Waals surface area contributed by atoms with Gasteiger partial charge in [-0.1, -0.05) is 23.7 Å². The summed E-state index contributed by atoms with van der Waals surface area (Å²) in [5.74, 6) is -3.65. The Bertz CT molecular complexity index is 767. The molecule has 0 radical (unpaired) electrons. The number of benzene rings is 1. The van der Waals surface area contributed by atoms with Crippen molar-refractivity contribution >= 4 is 34.3 Å². The van der Waals surface area contributed by atoms with Gasteiger partial charge in [0.2, 0.25) is 5.92 Å². The number of nitrogens with zero attached hydrogens (tertiary/aromatic N) is 2. The molecular formula is C16H15ClF2N2O2. The highest BCUT2D eigenvalue weighted by molar-refractivity contribution is 6.35. The molecule has 0 aliphatic carbocycles. The van der Waals surface area contributed by atoms with Gasteiger partial charge in [0.05, 0.1) is 10.5 Å². The second-order valence-electron chi connectivity index (χ2n) is 5.67. The summed E-state index contributed by atoms with van der Waals surface area (Å²) in [7, 11) is 0. The van der Waals surface area contributed by atoms with Gasteiger partial charge in [-0.15, -0.1) is 0 Å². The molecule has 1 aliphatic rings. The lowest BCUT2D eigenvalue weighted by molar-refractivity contribution is -0.0102. The van der Waals surface area contributed by atoms with E-state index in [1.165, 1.54) is 6.07 Å². The SMILES string of the molecule is O=C(O)c1cc2cccc(Cl)c2nc1N1CCCC(F)(F)CC1. The first-order valence-corrected chi connectivity index (χ1v) is 7.70. The topological polar surface area (TPSA) is 53.4 Å². The quantitative estimate of drug-likeness (QED) is 0.889. The van der Waals surface area contributed by atoms with Crippen molar-refractivity contribution < 1.29 is 18.7 Å². The van der Waals surface area contributed by atoms with Gasteiger partial charge in [0.1, 0.15) is 11.4 Å². The van der Waals surface area contributed by atoms with Gasteiger partial charge in [-0.25, -0.2) is 18.6 Å². The van der Waals surface area contributed by atoms with E-state index in [1.807, 2.05) is 0 Å². The van der Waals surface area contributed by atoms with Crippen molar-refractivity contribution in [2.75, 3.05) is 18.0 Å². The summed E-state index contributed by atoms with van der Waals surface area (Å²) < 4.78 is 27.1. The number of carboxylic acid groups (broad SMARTS) is 1. The van der Waals surface area contributed by atoms with Crippen LogP contribution in [0.3, 0.4) is 0 Å². The van der Waals surface area contributed by atoms with Crippen molar-refractivity contribution in [3.63, 3.8) is 0 Å². The summed E-state index contributed by atoms with van der Waals surface area (Å²) in [6.45, 7) is 0.412. The Kier molecular flexibility index (Phi) is 4.10. The van der Waals surface area contributed by atoms with Crippen LogP contribution in [-0.2, 0) is 0 Å². The predicted molar refractivity (Wildman–Crippen MR) is 84.7 cm³/mol. The summed E-state index contributed by atoms with van der Waals surface area (Å²) in [6.07, 6.45) is -0.219. The molecule has 122 valence electrons. The Labute approximate surface area is 136 Å². The number of carbonyl (C=O) groups is 1. The van der Waals surface area contributed by atoms with Crippen molar-refractivity contribution in [1.82, 2.24) is 4.98 Å². The summed E-state index contributed by atoms with van der Waals surface area (Å²) in [6, 6.07) is 6.59. The number of hydrogen-bond donors (Lipinski definition) is 1. The smallest absolute Gasteiger partial charge is 0.339 e. The summed E-state index contributed by atoms with van der Waals surface area (Å²) in [5, 5.41) is 10.5. The van der Waals surface area contributed by atoms with Crippen LogP contribution in [0.4, 0.5) is 14.6 Å². The number of para-hydroxylation sites is 1. The Balaban J connectivity index is 2.09. The second-order valence-corrected chi connectivity index (χ2v) is 6.08. The Morgan fingerprint density at radius 2 is 2.09 bits per heavy atom. The number of hydrogen-bond acceptors (Lipinski definition) is 3. The number of alkyl halides is 2. The molecule has 0 amide bonds. The average Bonchev–Trinajstić information content (AvgIpc) is 2.67. The maximum absolute atomic E-state index is 13.5. The highest BCUT2D eigenvalue weighted by atomic mass is 35.5. The van der Waals surface area contributed by atoms with Gasteiger partial charge in [-0.3, -0.25) is 0 Å². The van der Waals surface area contributed by atoms with Crippen molar-refractivity contribution in [2.45, 2.75) is 25.2 Å². The monoisotopic (exact) mass is 340 g/mol. The molecule has 3 rings (SSSR count). The van der Waals surface area contributed by atoms with Crippen LogP contribution in [0.1, 0.15) is 29.6 Å². The van der Waals surface area contributed by atoms with Crippen LogP contribution in [0.5, 0.6) is 0 Å². The zero-order valence-corrected chi connectivity index (χ0v) is 13.0. The number of fused-ring (bicyclic) bond motifs is 1. The van der Waals surface area contributed by atoms with Gasteiger partial charge in [-0.2, -0.15) is 0 Å². The molecule has 1 fully saturated rings. The first-order valence-electron chi connectivity index (χ1n) is 7.33. The largest absolute Gasteiger partial charge is 0.478 e. The Hall–Kier alpha value is -1.95. The standard InChI is InChI=1S/C16H15ClF2N2O2/c17-12-4-1-3-10-9-11(15(22)23)14(20-13(10)12)21-7-2-5-16(18,19)6-8-21/h1,3-4,9H,2,5-8H2,(H,22,23). The minimum atomic E-state index is -2.72. The molecule has 0 bridgehead atoms. The molecule has 4 nitrogen and oxygen atoms in total. The fraction of sp³-hybridized carbons (Fsp3) is 0.375. The molecule has 1 saturated heterocycles. The normalized spacial score (nSPS) is 18.0. The Morgan fingerprint density at radius 3 is 2.83 bits per heavy atom. The van der Waals surface area contributed by atoms with Crippen molar-refractivity contribution in [2.24, 2.45) is 0 Å². The van der Waals surface area contributed by atoms with E-state index in [0.29, 0.717) is 22.5 Å². The first-order chi connectivity index (χ1) is 10.9. The van der Waals surface area contributed by atoms with E-state index in [9.17, 15) is 18.7 Å². The summed E-state index contributed by atoms with van der Waals surface area (Å²) >= 11 is 6.13. The van der Waals surface area contributed by atoms with E-state index in [-0.39, 0.29) is 37.2 Å². The molecule has 1 aromatic heterocycles. The van der Waals surface area contributed by atoms with Gasteiger partial charge < -0.3 is 10.0 Å². The third-order valence-electron chi connectivity index (χ3n) is 4.02. The number of carboxylic acids is 1. The molecule has 23 heavy (non-hydrogen) atoms.